The van der Waals surface area contributed by atoms with Gasteiger partial charge in [0.05, 0.1) is 12.6 Å². The smallest absolute Gasteiger partial charge is 0.123 e. The molecule has 0 aliphatic heterocycles. The lowest BCUT2D eigenvalue weighted by atomic mass is 10.1. The van der Waals surface area contributed by atoms with Gasteiger partial charge in [0, 0.05) is 10.2 Å². The summed E-state index contributed by atoms with van der Waals surface area (Å²) in [6.45, 7) is -0.114. The Hall–Kier alpha value is -1.39. The van der Waals surface area contributed by atoms with E-state index in [0.717, 1.165) is 10.2 Å². The molecule has 4 heteroatoms. The molecule has 0 spiro atoms. The van der Waals surface area contributed by atoms with Crippen molar-refractivity contribution in [3.8, 4) is 0 Å². The van der Waals surface area contributed by atoms with Gasteiger partial charge in [-0.3, -0.25) is 0 Å². The summed E-state index contributed by atoms with van der Waals surface area (Å²) < 4.78 is 14.0. The summed E-state index contributed by atoms with van der Waals surface area (Å²) in [4.78, 5) is 0. The summed E-state index contributed by atoms with van der Waals surface area (Å²) in [5, 5.41) is 12.6. The van der Waals surface area contributed by atoms with Crippen molar-refractivity contribution in [1.29, 1.82) is 0 Å². The number of rotatable bonds is 4. The highest BCUT2D eigenvalue weighted by Crippen LogP contribution is 2.27. The van der Waals surface area contributed by atoms with Crippen molar-refractivity contribution >= 4 is 21.6 Å². The standard InChI is InChI=1S/C14H13BrFNO/c15-13-7-6-10(16)8-12(13)14(9-18)17-11-4-2-1-3-5-11/h1-8,14,17-18H,9H2. The molecule has 0 amide bonds. The Bertz CT molecular complexity index is 518. The SMILES string of the molecule is OCC(Nc1ccccc1)c1cc(F)ccc1Br. The maximum atomic E-state index is 13.3. The van der Waals surface area contributed by atoms with Gasteiger partial charge in [-0.2, -0.15) is 0 Å². The molecule has 2 aromatic rings. The molecular formula is C14H13BrFNO. The van der Waals surface area contributed by atoms with Crippen LogP contribution >= 0.6 is 15.9 Å². The molecule has 1 atom stereocenters. The molecule has 0 aliphatic carbocycles. The Morgan fingerprint density at radius 2 is 1.89 bits per heavy atom. The first-order valence-electron chi connectivity index (χ1n) is 5.58. The van der Waals surface area contributed by atoms with E-state index in [1.54, 1.807) is 6.07 Å². The molecule has 94 valence electrons. The Morgan fingerprint density at radius 3 is 2.56 bits per heavy atom. The van der Waals surface area contributed by atoms with Crippen LogP contribution in [0, 0.1) is 5.82 Å². The number of para-hydroxylation sites is 1. The van der Waals surface area contributed by atoms with Crippen LogP contribution < -0.4 is 5.32 Å². The number of benzene rings is 2. The van der Waals surface area contributed by atoms with E-state index in [9.17, 15) is 9.50 Å². The summed E-state index contributed by atoms with van der Waals surface area (Å²) in [5.41, 5.74) is 1.58. The normalized spacial score (nSPS) is 12.2. The van der Waals surface area contributed by atoms with Crippen molar-refractivity contribution in [2.24, 2.45) is 0 Å². The molecule has 0 heterocycles. The van der Waals surface area contributed by atoms with Gasteiger partial charge < -0.3 is 10.4 Å². The predicted molar refractivity (Wildman–Crippen MR) is 74.0 cm³/mol. The lowest BCUT2D eigenvalue weighted by Gasteiger charge is -2.19. The van der Waals surface area contributed by atoms with Gasteiger partial charge in [0.25, 0.3) is 0 Å². The van der Waals surface area contributed by atoms with Gasteiger partial charge >= 0.3 is 0 Å². The average molecular weight is 310 g/mol. The molecule has 0 fully saturated rings. The number of hydrogen-bond acceptors (Lipinski definition) is 2. The van der Waals surface area contributed by atoms with Gasteiger partial charge in [0.2, 0.25) is 0 Å². The second-order valence-corrected chi connectivity index (χ2v) is 4.77. The number of hydrogen-bond donors (Lipinski definition) is 2. The zero-order valence-electron chi connectivity index (χ0n) is 9.61. The van der Waals surface area contributed by atoms with E-state index in [-0.39, 0.29) is 18.5 Å². The molecule has 0 bridgehead atoms. The molecule has 2 aromatic carbocycles. The minimum absolute atomic E-state index is 0.114. The highest BCUT2D eigenvalue weighted by Gasteiger charge is 2.14. The lowest BCUT2D eigenvalue weighted by molar-refractivity contribution is 0.276. The van der Waals surface area contributed by atoms with Crippen LogP contribution in [0.4, 0.5) is 10.1 Å². The zero-order chi connectivity index (χ0) is 13.0. The second kappa shape index (κ2) is 5.98. The molecular weight excluding hydrogens is 297 g/mol. The van der Waals surface area contributed by atoms with E-state index in [1.165, 1.54) is 12.1 Å². The first-order chi connectivity index (χ1) is 8.70. The van der Waals surface area contributed by atoms with Crippen molar-refractivity contribution < 1.29 is 9.50 Å². The predicted octanol–water partition coefficient (Wildman–Crippen LogP) is 3.73. The van der Waals surface area contributed by atoms with E-state index in [4.69, 9.17) is 0 Å². The third-order valence-electron chi connectivity index (χ3n) is 2.63. The number of aliphatic hydroxyl groups is 1. The Kier molecular flexibility index (Phi) is 4.33. The summed E-state index contributed by atoms with van der Waals surface area (Å²) >= 11 is 3.37. The molecule has 0 saturated carbocycles. The van der Waals surface area contributed by atoms with Crippen molar-refractivity contribution in [2.75, 3.05) is 11.9 Å². The minimum atomic E-state index is -0.350. The third-order valence-corrected chi connectivity index (χ3v) is 3.35. The van der Waals surface area contributed by atoms with E-state index in [1.807, 2.05) is 30.3 Å². The molecule has 0 saturated heterocycles. The van der Waals surface area contributed by atoms with E-state index >= 15 is 0 Å². The highest BCUT2D eigenvalue weighted by molar-refractivity contribution is 9.10. The van der Waals surface area contributed by atoms with Crippen LogP contribution in [-0.2, 0) is 0 Å². The molecule has 0 aromatic heterocycles. The van der Waals surface area contributed by atoms with Crippen molar-refractivity contribution in [2.45, 2.75) is 6.04 Å². The minimum Gasteiger partial charge on any atom is -0.394 e. The van der Waals surface area contributed by atoms with Crippen LogP contribution in [0.5, 0.6) is 0 Å². The highest BCUT2D eigenvalue weighted by atomic mass is 79.9. The van der Waals surface area contributed by atoms with Crippen LogP contribution in [0.1, 0.15) is 11.6 Å². The summed E-state index contributed by atoms with van der Waals surface area (Å²) in [6, 6.07) is 13.6. The van der Waals surface area contributed by atoms with Crippen LogP contribution in [0.2, 0.25) is 0 Å². The first-order valence-corrected chi connectivity index (χ1v) is 6.37. The maximum Gasteiger partial charge on any atom is 0.123 e. The topological polar surface area (TPSA) is 32.3 Å². The summed E-state index contributed by atoms with van der Waals surface area (Å²) in [7, 11) is 0. The summed E-state index contributed by atoms with van der Waals surface area (Å²) in [5.74, 6) is -0.318. The van der Waals surface area contributed by atoms with Gasteiger partial charge in [-0.05, 0) is 35.9 Å². The molecule has 2 nitrogen and oxygen atoms in total. The molecule has 0 aliphatic rings. The van der Waals surface area contributed by atoms with Gasteiger partial charge in [-0.1, -0.05) is 34.1 Å². The van der Waals surface area contributed by atoms with Crippen molar-refractivity contribution in [3.63, 3.8) is 0 Å². The monoisotopic (exact) mass is 309 g/mol. The van der Waals surface area contributed by atoms with Gasteiger partial charge in [-0.25, -0.2) is 4.39 Å². The van der Waals surface area contributed by atoms with Crippen LogP contribution in [0.25, 0.3) is 0 Å². The molecule has 0 radical (unpaired) electrons. The second-order valence-electron chi connectivity index (χ2n) is 3.91. The summed E-state index contributed by atoms with van der Waals surface area (Å²) in [6.07, 6.45) is 0. The fraction of sp³-hybridized carbons (Fsp3) is 0.143. The van der Waals surface area contributed by atoms with E-state index in [2.05, 4.69) is 21.2 Å². The van der Waals surface area contributed by atoms with Crippen molar-refractivity contribution in [1.82, 2.24) is 0 Å². The first kappa shape index (κ1) is 13.1. The fourth-order valence-corrected chi connectivity index (χ4v) is 2.26. The fourth-order valence-electron chi connectivity index (χ4n) is 1.74. The molecule has 18 heavy (non-hydrogen) atoms. The number of anilines is 1. The van der Waals surface area contributed by atoms with E-state index in [0.29, 0.717) is 5.56 Å². The van der Waals surface area contributed by atoms with Crippen molar-refractivity contribution in [3.05, 3.63) is 64.4 Å². The maximum absolute atomic E-state index is 13.3. The molecule has 1 unspecified atom stereocenters. The largest absolute Gasteiger partial charge is 0.394 e. The molecule has 2 N–H and O–H groups in total. The number of halogens is 2. The lowest BCUT2D eigenvalue weighted by Crippen LogP contribution is -2.15. The van der Waals surface area contributed by atoms with Crippen LogP contribution in [-0.4, -0.2) is 11.7 Å². The molecule has 2 rings (SSSR count). The average Bonchev–Trinajstić information content (AvgIpc) is 2.40. The zero-order valence-corrected chi connectivity index (χ0v) is 11.2. The Labute approximate surface area is 114 Å². The van der Waals surface area contributed by atoms with Crippen LogP contribution in [0.3, 0.4) is 0 Å². The number of aliphatic hydroxyl groups excluding tert-OH is 1. The van der Waals surface area contributed by atoms with Gasteiger partial charge in [-0.15, -0.1) is 0 Å². The van der Waals surface area contributed by atoms with E-state index < -0.39 is 0 Å². The van der Waals surface area contributed by atoms with Gasteiger partial charge in [0.1, 0.15) is 5.82 Å². The van der Waals surface area contributed by atoms with Crippen LogP contribution in [0.15, 0.2) is 53.0 Å². The van der Waals surface area contributed by atoms with Gasteiger partial charge in [0.15, 0.2) is 0 Å². The quantitative estimate of drug-likeness (QED) is 0.902. The number of nitrogens with one attached hydrogen (secondary N) is 1. The Morgan fingerprint density at radius 1 is 1.17 bits per heavy atom. The third kappa shape index (κ3) is 3.09. The Balaban J connectivity index is 2.26.